The van der Waals surface area contributed by atoms with Crippen LogP contribution in [-0.2, 0) is 4.74 Å². The van der Waals surface area contributed by atoms with Crippen molar-refractivity contribution in [1.29, 1.82) is 0 Å². The summed E-state index contributed by atoms with van der Waals surface area (Å²) < 4.78 is 5.38. The first-order chi connectivity index (χ1) is 12.7. The standard InChI is InChI=1S/C20H21N5O/c1-12-6-3-4-9-16(12)23-20-18-17(19(21)25-24-18)15(11-22-20)13-7-5-8-14(10-13)26-2/h3-4,6,8-11H,5,7H2,1-2H3,(H,22,23)(H3,21,24,25). The molecule has 0 amide bonds. The summed E-state index contributed by atoms with van der Waals surface area (Å²) in [5.74, 6) is 2.05. The zero-order valence-electron chi connectivity index (χ0n) is 14.8. The number of nitrogens with one attached hydrogen (secondary N) is 2. The van der Waals surface area contributed by atoms with Crippen molar-refractivity contribution >= 4 is 33.8 Å². The predicted octanol–water partition coefficient (Wildman–Crippen LogP) is 4.30. The number of nitrogens with zero attached hydrogens (tertiary/aromatic N) is 2. The average Bonchev–Trinajstić information content (AvgIpc) is 3.06. The maximum Gasteiger partial charge on any atom is 0.156 e. The number of nitrogens with two attached hydrogens (primary N) is 1. The molecule has 1 aromatic carbocycles. The highest BCUT2D eigenvalue weighted by Gasteiger charge is 2.18. The first-order valence-corrected chi connectivity index (χ1v) is 8.57. The summed E-state index contributed by atoms with van der Waals surface area (Å²) in [4.78, 5) is 4.64. The molecule has 0 saturated carbocycles. The number of hydrogen-bond acceptors (Lipinski definition) is 5. The van der Waals surface area contributed by atoms with Crippen molar-refractivity contribution < 1.29 is 4.74 Å². The lowest BCUT2D eigenvalue weighted by atomic mass is 9.95. The molecule has 6 heteroatoms. The number of rotatable bonds is 4. The Morgan fingerprint density at radius 1 is 1.27 bits per heavy atom. The van der Waals surface area contributed by atoms with Gasteiger partial charge < -0.3 is 15.8 Å². The van der Waals surface area contributed by atoms with Gasteiger partial charge in [0.05, 0.1) is 12.5 Å². The molecule has 0 aliphatic heterocycles. The largest absolute Gasteiger partial charge is 0.497 e. The van der Waals surface area contributed by atoms with E-state index >= 15 is 0 Å². The number of fused-ring (bicyclic) bond motifs is 1. The van der Waals surface area contributed by atoms with Crippen molar-refractivity contribution in [3.63, 3.8) is 0 Å². The second-order valence-electron chi connectivity index (χ2n) is 6.34. The highest BCUT2D eigenvalue weighted by molar-refractivity contribution is 6.03. The lowest BCUT2D eigenvalue weighted by Gasteiger charge is -2.16. The smallest absolute Gasteiger partial charge is 0.156 e. The van der Waals surface area contributed by atoms with Gasteiger partial charge in [-0.2, -0.15) is 5.10 Å². The van der Waals surface area contributed by atoms with Crippen molar-refractivity contribution in [2.24, 2.45) is 0 Å². The van der Waals surface area contributed by atoms with Crippen LogP contribution in [-0.4, -0.2) is 22.3 Å². The van der Waals surface area contributed by atoms with E-state index in [1.165, 1.54) is 0 Å². The Morgan fingerprint density at radius 2 is 2.12 bits per heavy atom. The first kappa shape index (κ1) is 16.2. The van der Waals surface area contributed by atoms with Crippen molar-refractivity contribution in [3.8, 4) is 0 Å². The molecule has 132 valence electrons. The number of hydrogen-bond donors (Lipinski definition) is 3. The van der Waals surface area contributed by atoms with E-state index in [4.69, 9.17) is 10.5 Å². The van der Waals surface area contributed by atoms with Crippen LogP contribution in [0.15, 0.2) is 48.4 Å². The number of benzene rings is 1. The Hall–Kier alpha value is -3.28. The second-order valence-corrected chi connectivity index (χ2v) is 6.34. The van der Waals surface area contributed by atoms with E-state index in [1.54, 1.807) is 7.11 Å². The van der Waals surface area contributed by atoms with Gasteiger partial charge in [0.25, 0.3) is 0 Å². The summed E-state index contributed by atoms with van der Waals surface area (Å²) in [7, 11) is 1.68. The van der Waals surface area contributed by atoms with Crippen molar-refractivity contribution in [3.05, 3.63) is 59.5 Å². The quantitative estimate of drug-likeness (QED) is 0.655. The molecule has 0 spiro atoms. The highest BCUT2D eigenvalue weighted by Crippen LogP contribution is 2.36. The number of pyridine rings is 1. The summed E-state index contributed by atoms with van der Waals surface area (Å²) in [5.41, 5.74) is 11.3. The zero-order valence-corrected chi connectivity index (χ0v) is 14.8. The number of allylic oxidation sites excluding steroid dienone is 3. The van der Waals surface area contributed by atoms with Crippen LogP contribution in [0.4, 0.5) is 17.3 Å². The molecule has 1 aliphatic rings. The fourth-order valence-electron chi connectivity index (χ4n) is 3.26. The Morgan fingerprint density at radius 3 is 2.92 bits per heavy atom. The molecule has 2 aromatic heterocycles. The Kier molecular flexibility index (Phi) is 4.08. The van der Waals surface area contributed by atoms with Crippen molar-refractivity contribution in [2.75, 3.05) is 18.2 Å². The van der Waals surface area contributed by atoms with E-state index in [-0.39, 0.29) is 0 Å². The molecule has 0 fully saturated rings. The van der Waals surface area contributed by atoms with Crippen LogP contribution in [0.3, 0.4) is 0 Å². The Balaban J connectivity index is 1.81. The summed E-state index contributed by atoms with van der Waals surface area (Å²) >= 11 is 0. The summed E-state index contributed by atoms with van der Waals surface area (Å²) in [6.45, 7) is 2.06. The van der Waals surface area contributed by atoms with Crippen LogP contribution in [0.25, 0.3) is 16.5 Å². The van der Waals surface area contributed by atoms with Gasteiger partial charge >= 0.3 is 0 Å². The number of aromatic amines is 1. The third kappa shape index (κ3) is 2.79. The van der Waals surface area contributed by atoms with Gasteiger partial charge in [-0.05, 0) is 49.1 Å². The predicted molar refractivity (Wildman–Crippen MR) is 105 cm³/mol. The van der Waals surface area contributed by atoms with Crippen molar-refractivity contribution in [1.82, 2.24) is 15.2 Å². The minimum absolute atomic E-state index is 0.472. The van der Waals surface area contributed by atoms with Gasteiger partial charge in [0, 0.05) is 17.4 Å². The number of aromatic nitrogens is 3. The fraction of sp³-hybridized carbons (Fsp3) is 0.200. The zero-order chi connectivity index (χ0) is 18.1. The van der Waals surface area contributed by atoms with Crippen molar-refractivity contribution in [2.45, 2.75) is 19.8 Å². The molecule has 4 N–H and O–H groups in total. The first-order valence-electron chi connectivity index (χ1n) is 8.57. The molecule has 1 aliphatic carbocycles. The van der Waals surface area contributed by atoms with E-state index in [1.807, 2.05) is 30.5 Å². The number of methoxy groups -OCH3 is 1. The highest BCUT2D eigenvalue weighted by atomic mass is 16.5. The number of nitrogen functional groups attached to an aromatic ring is 1. The molecule has 3 aromatic rings. The molecule has 0 bridgehead atoms. The summed E-state index contributed by atoms with van der Waals surface area (Å²) in [5, 5.41) is 11.5. The minimum atomic E-state index is 0.472. The van der Waals surface area contributed by atoms with Gasteiger partial charge in [0.2, 0.25) is 0 Å². The number of H-pyrrole nitrogens is 1. The van der Waals surface area contributed by atoms with Crippen LogP contribution in [0.5, 0.6) is 0 Å². The van der Waals surface area contributed by atoms with Crippen LogP contribution < -0.4 is 11.1 Å². The van der Waals surface area contributed by atoms with Crippen LogP contribution >= 0.6 is 0 Å². The minimum Gasteiger partial charge on any atom is -0.497 e. The summed E-state index contributed by atoms with van der Waals surface area (Å²) in [6, 6.07) is 8.08. The van der Waals surface area contributed by atoms with E-state index in [0.717, 1.165) is 51.9 Å². The number of para-hydroxylation sites is 1. The molecule has 0 radical (unpaired) electrons. The van der Waals surface area contributed by atoms with Gasteiger partial charge in [-0.15, -0.1) is 0 Å². The third-order valence-electron chi connectivity index (χ3n) is 4.68. The monoisotopic (exact) mass is 347 g/mol. The lowest BCUT2D eigenvalue weighted by molar-refractivity contribution is 0.304. The van der Waals surface area contributed by atoms with E-state index in [0.29, 0.717) is 11.6 Å². The van der Waals surface area contributed by atoms with Gasteiger partial charge in [-0.3, -0.25) is 5.10 Å². The third-order valence-corrected chi connectivity index (χ3v) is 4.68. The van der Waals surface area contributed by atoms with Gasteiger partial charge in [0.15, 0.2) is 11.6 Å². The Bertz CT molecular complexity index is 1030. The van der Waals surface area contributed by atoms with Gasteiger partial charge in [0.1, 0.15) is 11.3 Å². The maximum atomic E-state index is 6.17. The number of ether oxygens (including phenoxy) is 1. The molecule has 2 heterocycles. The Labute approximate surface area is 151 Å². The van der Waals surface area contributed by atoms with E-state index in [2.05, 4.69) is 39.6 Å². The summed E-state index contributed by atoms with van der Waals surface area (Å²) in [6.07, 6.45) is 7.83. The van der Waals surface area contributed by atoms with Crippen LogP contribution in [0, 0.1) is 6.92 Å². The van der Waals surface area contributed by atoms with E-state index in [9.17, 15) is 0 Å². The topological polar surface area (TPSA) is 88.8 Å². The number of aryl methyl sites for hydroxylation is 1. The van der Waals surface area contributed by atoms with Gasteiger partial charge in [-0.1, -0.05) is 18.2 Å². The molecule has 4 rings (SSSR count). The van der Waals surface area contributed by atoms with Crippen LogP contribution in [0.1, 0.15) is 24.0 Å². The fourth-order valence-corrected chi connectivity index (χ4v) is 3.26. The molecule has 0 saturated heterocycles. The number of anilines is 3. The molecular formula is C20H21N5O. The van der Waals surface area contributed by atoms with Crippen LogP contribution in [0.2, 0.25) is 0 Å². The SMILES string of the molecule is COC1=CCCC(c2cnc(Nc3ccccc3C)c3[nH]nc(N)c23)=C1. The maximum absolute atomic E-state index is 6.17. The molecule has 6 nitrogen and oxygen atoms in total. The van der Waals surface area contributed by atoms with Gasteiger partial charge in [-0.25, -0.2) is 4.98 Å². The normalized spacial score (nSPS) is 14.1. The van der Waals surface area contributed by atoms with E-state index < -0.39 is 0 Å². The second kappa shape index (κ2) is 6.55. The average molecular weight is 347 g/mol. The lowest BCUT2D eigenvalue weighted by Crippen LogP contribution is -2.00. The molecule has 0 atom stereocenters. The molecule has 26 heavy (non-hydrogen) atoms. The molecular weight excluding hydrogens is 326 g/mol. The molecule has 0 unspecified atom stereocenters.